The summed E-state index contributed by atoms with van der Waals surface area (Å²) in [6, 6.07) is 28.9. The lowest BCUT2D eigenvalue weighted by Crippen LogP contribution is -2.06. The van der Waals surface area contributed by atoms with Crippen molar-refractivity contribution in [3.8, 4) is 22.6 Å². The first kappa shape index (κ1) is 25.3. The molecule has 0 amide bonds. The Bertz CT molecular complexity index is 1280. The van der Waals surface area contributed by atoms with Gasteiger partial charge < -0.3 is 14.6 Å². The Morgan fingerprint density at radius 2 is 1.53 bits per heavy atom. The Morgan fingerprint density at radius 3 is 2.22 bits per heavy atom. The average Bonchev–Trinajstić information content (AvgIpc) is 2.92. The van der Waals surface area contributed by atoms with Gasteiger partial charge in [0.1, 0.15) is 11.5 Å². The minimum absolute atomic E-state index is 0.0589. The number of carboxylic acids is 1. The summed E-state index contributed by atoms with van der Waals surface area (Å²) in [5, 5.41) is 11.8. The van der Waals surface area contributed by atoms with Gasteiger partial charge in [-0.3, -0.25) is 4.79 Å². The molecule has 36 heavy (non-hydrogen) atoms. The van der Waals surface area contributed by atoms with Gasteiger partial charge in [0.05, 0.1) is 20.6 Å². The molecule has 4 nitrogen and oxygen atoms in total. The van der Waals surface area contributed by atoms with Crippen LogP contribution in [0.2, 0.25) is 0 Å². The third-order valence-electron chi connectivity index (χ3n) is 6.91. The molecule has 0 saturated carbocycles. The smallest absolute Gasteiger partial charge is 0.303 e. The van der Waals surface area contributed by atoms with E-state index in [2.05, 4.69) is 36.4 Å². The van der Waals surface area contributed by atoms with Crippen LogP contribution in [0.25, 0.3) is 21.9 Å². The number of unbranched alkanes of at least 4 members (excludes halogenated alkanes) is 2. The first-order valence-corrected chi connectivity index (χ1v) is 12.6. The number of carboxylic acid groups (broad SMARTS) is 1. The third-order valence-corrected chi connectivity index (χ3v) is 6.91. The van der Waals surface area contributed by atoms with E-state index in [0.29, 0.717) is 0 Å². The monoisotopic (exact) mass is 482 g/mol. The van der Waals surface area contributed by atoms with Crippen molar-refractivity contribution in [3.63, 3.8) is 0 Å². The highest BCUT2D eigenvalue weighted by atomic mass is 16.5. The van der Waals surface area contributed by atoms with Crippen LogP contribution in [0.15, 0.2) is 84.9 Å². The van der Waals surface area contributed by atoms with Gasteiger partial charge in [-0.25, -0.2) is 0 Å². The predicted octanol–water partition coefficient (Wildman–Crippen LogP) is 7.89. The molecule has 0 fully saturated rings. The molecule has 0 aliphatic carbocycles. The Balaban J connectivity index is 1.50. The molecule has 0 saturated heterocycles. The Hall–Kier alpha value is -3.79. The predicted molar refractivity (Wildman–Crippen MR) is 146 cm³/mol. The molecule has 1 N–H and O–H groups in total. The van der Waals surface area contributed by atoms with Crippen molar-refractivity contribution in [2.75, 3.05) is 14.2 Å². The molecular weight excluding hydrogens is 448 g/mol. The van der Waals surface area contributed by atoms with Gasteiger partial charge in [-0.15, -0.1) is 0 Å². The Morgan fingerprint density at radius 1 is 0.806 bits per heavy atom. The number of aliphatic carboxylic acids is 1. The lowest BCUT2D eigenvalue weighted by molar-refractivity contribution is -0.137. The van der Waals surface area contributed by atoms with Crippen molar-refractivity contribution in [1.29, 1.82) is 0 Å². The first-order valence-electron chi connectivity index (χ1n) is 12.6. The molecule has 0 heterocycles. The van der Waals surface area contributed by atoms with Crippen LogP contribution in [0.5, 0.6) is 11.5 Å². The van der Waals surface area contributed by atoms with E-state index in [-0.39, 0.29) is 12.3 Å². The van der Waals surface area contributed by atoms with E-state index in [4.69, 9.17) is 9.47 Å². The van der Waals surface area contributed by atoms with Crippen LogP contribution in [-0.4, -0.2) is 25.3 Å². The van der Waals surface area contributed by atoms with Gasteiger partial charge in [-0.2, -0.15) is 0 Å². The maximum absolute atomic E-state index is 11.4. The quantitative estimate of drug-likeness (QED) is 0.209. The van der Waals surface area contributed by atoms with Crippen LogP contribution >= 0.6 is 0 Å². The molecule has 1 unspecified atom stereocenters. The van der Waals surface area contributed by atoms with Crippen molar-refractivity contribution in [1.82, 2.24) is 0 Å². The zero-order valence-corrected chi connectivity index (χ0v) is 21.1. The summed E-state index contributed by atoms with van der Waals surface area (Å²) in [5.74, 6) is 1.03. The third kappa shape index (κ3) is 6.25. The molecule has 0 aliphatic rings. The van der Waals surface area contributed by atoms with Gasteiger partial charge in [0.15, 0.2) is 0 Å². The lowest BCUT2D eigenvalue weighted by atomic mass is 9.88. The molecule has 0 spiro atoms. The normalized spacial score (nSPS) is 11.8. The van der Waals surface area contributed by atoms with Crippen molar-refractivity contribution >= 4 is 16.7 Å². The minimum atomic E-state index is -0.737. The standard InChI is InChI=1S/C32H34O4/c1-35-27-16-13-24(14-17-27)29-19-15-26-21-28(36-2)18-20-30(26)31(29)12-8-4-7-11-25(22-32(33)34)23-9-5-3-6-10-23/h3,5-6,9-10,13-21,25H,4,7-8,11-12,22H2,1-2H3,(H,33,34). The van der Waals surface area contributed by atoms with E-state index in [9.17, 15) is 9.90 Å². The number of hydrogen-bond acceptors (Lipinski definition) is 3. The molecule has 0 aliphatic heterocycles. The topological polar surface area (TPSA) is 55.8 Å². The zero-order valence-electron chi connectivity index (χ0n) is 21.1. The lowest BCUT2D eigenvalue weighted by Gasteiger charge is -2.16. The van der Waals surface area contributed by atoms with Crippen molar-refractivity contribution in [2.24, 2.45) is 0 Å². The number of benzene rings is 4. The van der Waals surface area contributed by atoms with E-state index in [1.165, 1.54) is 27.5 Å². The summed E-state index contributed by atoms with van der Waals surface area (Å²) in [7, 11) is 3.38. The van der Waals surface area contributed by atoms with E-state index in [1.54, 1.807) is 14.2 Å². The fraction of sp³-hybridized carbons (Fsp3) is 0.281. The second kappa shape index (κ2) is 12.3. The molecule has 4 heteroatoms. The summed E-state index contributed by atoms with van der Waals surface area (Å²) in [5.41, 5.74) is 4.87. The van der Waals surface area contributed by atoms with Crippen LogP contribution < -0.4 is 9.47 Å². The van der Waals surface area contributed by atoms with E-state index < -0.39 is 5.97 Å². The molecule has 186 valence electrons. The van der Waals surface area contributed by atoms with Gasteiger partial charge in [-0.1, -0.05) is 73.5 Å². The van der Waals surface area contributed by atoms with Crippen LogP contribution in [-0.2, 0) is 11.2 Å². The van der Waals surface area contributed by atoms with Gasteiger partial charge in [-0.05, 0) is 82.5 Å². The van der Waals surface area contributed by atoms with Gasteiger partial charge in [0.2, 0.25) is 0 Å². The van der Waals surface area contributed by atoms with E-state index in [1.807, 2.05) is 48.5 Å². The van der Waals surface area contributed by atoms with Gasteiger partial charge >= 0.3 is 5.97 Å². The highest BCUT2D eigenvalue weighted by Crippen LogP contribution is 2.34. The van der Waals surface area contributed by atoms with Crippen molar-refractivity contribution < 1.29 is 19.4 Å². The zero-order chi connectivity index (χ0) is 25.3. The average molecular weight is 483 g/mol. The molecule has 0 aromatic heterocycles. The van der Waals surface area contributed by atoms with E-state index in [0.717, 1.165) is 49.2 Å². The van der Waals surface area contributed by atoms with Gasteiger partial charge in [0.25, 0.3) is 0 Å². The Labute approximate surface area is 213 Å². The summed E-state index contributed by atoms with van der Waals surface area (Å²) >= 11 is 0. The molecule has 4 aromatic rings. The summed E-state index contributed by atoms with van der Waals surface area (Å²) in [4.78, 5) is 11.4. The number of ether oxygens (including phenoxy) is 2. The second-order valence-corrected chi connectivity index (χ2v) is 9.21. The Kier molecular flexibility index (Phi) is 8.62. The molecule has 4 aromatic carbocycles. The number of methoxy groups -OCH3 is 2. The maximum Gasteiger partial charge on any atom is 0.303 e. The summed E-state index contributed by atoms with van der Waals surface area (Å²) < 4.78 is 10.8. The van der Waals surface area contributed by atoms with Crippen molar-refractivity contribution in [2.45, 2.75) is 44.4 Å². The van der Waals surface area contributed by atoms with Crippen molar-refractivity contribution in [3.05, 3.63) is 96.1 Å². The number of fused-ring (bicyclic) bond motifs is 1. The number of rotatable bonds is 12. The van der Waals surface area contributed by atoms with Crippen LogP contribution in [0.4, 0.5) is 0 Å². The minimum Gasteiger partial charge on any atom is -0.497 e. The maximum atomic E-state index is 11.4. The highest BCUT2D eigenvalue weighted by molar-refractivity contribution is 5.92. The van der Waals surface area contributed by atoms with Crippen LogP contribution in [0, 0.1) is 0 Å². The first-order chi connectivity index (χ1) is 17.6. The summed E-state index contributed by atoms with van der Waals surface area (Å²) in [6.07, 6.45) is 5.12. The fourth-order valence-electron chi connectivity index (χ4n) is 5.00. The fourth-order valence-corrected chi connectivity index (χ4v) is 5.00. The molecule has 0 radical (unpaired) electrons. The molecule has 4 rings (SSSR count). The largest absolute Gasteiger partial charge is 0.497 e. The number of hydrogen-bond donors (Lipinski definition) is 1. The van der Waals surface area contributed by atoms with Crippen LogP contribution in [0.1, 0.15) is 49.1 Å². The summed E-state index contributed by atoms with van der Waals surface area (Å²) in [6.45, 7) is 0. The highest BCUT2D eigenvalue weighted by Gasteiger charge is 2.16. The molecular formula is C32H34O4. The molecule has 0 bridgehead atoms. The van der Waals surface area contributed by atoms with E-state index >= 15 is 0 Å². The second-order valence-electron chi connectivity index (χ2n) is 9.21. The van der Waals surface area contributed by atoms with Gasteiger partial charge in [0, 0.05) is 0 Å². The number of carbonyl (C=O) groups is 1. The SMILES string of the molecule is COc1ccc(-c2ccc3cc(OC)ccc3c2CCCCCC(CC(=O)O)c2ccccc2)cc1. The molecule has 1 atom stereocenters. The number of aryl methyl sites for hydroxylation is 1. The van der Waals surface area contributed by atoms with Crippen LogP contribution in [0.3, 0.4) is 0 Å².